The monoisotopic (exact) mass is 665 g/mol. The van der Waals surface area contributed by atoms with E-state index in [-0.39, 0.29) is 23.8 Å². The number of nitrogens with zero attached hydrogens (tertiary/aromatic N) is 2. The van der Waals surface area contributed by atoms with Crippen LogP contribution in [0, 0.1) is 13.8 Å². The minimum absolute atomic E-state index is 0.00112. The minimum atomic E-state index is -4.18. The second-order valence-electron chi connectivity index (χ2n) is 10.9. The average molecular weight is 667 g/mol. The smallest absolute Gasteiger partial charge is 0.264 e. The Labute approximate surface area is 275 Å². The number of nitrogens with one attached hydrogen (secondary N) is 1. The molecule has 1 atom stereocenters. The number of rotatable bonds is 13. The van der Waals surface area contributed by atoms with E-state index in [9.17, 15) is 18.0 Å². The van der Waals surface area contributed by atoms with Gasteiger partial charge in [0.05, 0.1) is 20.6 Å². The number of carbonyl (C=O) groups excluding carboxylic acids is 2. The van der Waals surface area contributed by atoms with Gasteiger partial charge in [-0.1, -0.05) is 102 Å². The molecule has 0 aromatic heterocycles. The van der Waals surface area contributed by atoms with Gasteiger partial charge >= 0.3 is 0 Å². The van der Waals surface area contributed by atoms with Crippen LogP contribution in [-0.2, 0) is 32.6 Å². The van der Waals surface area contributed by atoms with Crippen molar-refractivity contribution in [2.45, 2.75) is 51.1 Å². The van der Waals surface area contributed by atoms with Crippen molar-refractivity contribution in [1.82, 2.24) is 10.2 Å². The third-order valence-electron chi connectivity index (χ3n) is 7.39. The lowest BCUT2D eigenvalue weighted by molar-refractivity contribution is -0.140. The predicted molar refractivity (Wildman–Crippen MR) is 181 cm³/mol. The summed E-state index contributed by atoms with van der Waals surface area (Å²) in [5.41, 5.74) is 3.52. The number of benzene rings is 4. The lowest BCUT2D eigenvalue weighted by Gasteiger charge is -2.34. The summed E-state index contributed by atoms with van der Waals surface area (Å²) < 4.78 is 29.4. The van der Waals surface area contributed by atoms with Gasteiger partial charge in [0.15, 0.2) is 0 Å². The lowest BCUT2D eigenvalue weighted by Crippen LogP contribution is -2.53. The summed E-state index contributed by atoms with van der Waals surface area (Å²) in [7, 11) is -4.18. The van der Waals surface area contributed by atoms with Gasteiger partial charge in [0.2, 0.25) is 11.8 Å². The molecular formula is C35H37Cl2N3O4S. The van der Waals surface area contributed by atoms with Crippen LogP contribution in [0.25, 0.3) is 0 Å². The third kappa shape index (κ3) is 8.66. The van der Waals surface area contributed by atoms with Crippen LogP contribution in [0.1, 0.15) is 35.6 Å². The molecule has 45 heavy (non-hydrogen) atoms. The van der Waals surface area contributed by atoms with Crippen LogP contribution in [0.15, 0.2) is 102 Å². The largest absolute Gasteiger partial charge is 0.354 e. The topological polar surface area (TPSA) is 86.8 Å². The molecule has 0 saturated carbocycles. The number of carbonyl (C=O) groups is 2. The Kier molecular flexibility index (Phi) is 11.7. The molecule has 0 aliphatic heterocycles. The van der Waals surface area contributed by atoms with E-state index in [0.29, 0.717) is 39.8 Å². The molecule has 0 heterocycles. The van der Waals surface area contributed by atoms with Crippen molar-refractivity contribution in [3.63, 3.8) is 0 Å². The number of hydrogen-bond donors (Lipinski definition) is 1. The van der Waals surface area contributed by atoms with Crippen LogP contribution in [0.3, 0.4) is 0 Å². The van der Waals surface area contributed by atoms with Crippen molar-refractivity contribution in [1.29, 1.82) is 0 Å². The van der Waals surface area contributed by atoms with E-state index in [4.69, 9.17) is 23.2 Å². The molecule has 4 aromatic carbocycles. The molecule has 2 amide bonds. The molecular weight excluding hydrogens is 629 g/mol. The van der Waals surface area contributed by atoms with Crippen LogP contribution in [-0.4, -0.2) is 44.3 Å². The second-order valence-corrected chi connectivity index (χ2v) is 13.6. The van der Waals surface area contributed by atoms with Crippen molar-refractivity contribution in [3.05, 3.63) is 129 Å². The molecule has 236 valence electrons. The Morgan fingerprint density at radius 2 is 1.49 bits per heavy atom. The molecule has 0 bridgehead atoms. The van der Waals surface area contributed by atoms with Gasteiger partial charge in [-0.3, -0.25) is 13.9 Å². The summed E-state index contributed by atoms with van der Waals surface area (Å²) in [6, 6.07) is 26.9. The maximum atomic E-state index is 14.5. The number of aryl methyl sites for hydroxylation is 2. The van der Waals surface area contributed by atoms with Crippen molar-refractivity contribution in [2.75, 3.05) is 17.4 Å². The Bertz CT molecular complexity index is 1730. The number of anilines is 1. The van der Waals surface area contributed by atoms with Gasteiger partial charge in [-0.15, -0.1) is 0 Å². The number of sulfonamides is 1. The molecule has 7 nitrogen and oxygen atoms in total. The normalized spacial score (nSPS) is 11.9. The number of amides is 2. The van der Waals surface area contributed by atoms with Gasteiger partial charge in [0.25, 0.3) is 10.0 Å². The van der Waals surface area contributed by atoms with E-state index in [1.807, 2.05) is 63.2 Å². The summed E-state index contributed by atoms with van der Waals surface area (Å²) >= 11 is 12.5. The van der Waals surface area contributed by atoms with Crippen molar-refractivity contribution < 1.29 is 18.0 Å². The SMILES string of the molecule is CCCNC(=O)[C@H](Cc1ccccc1)N(Cc1ccc(Cl)c(Cl)c1)C(=O)CN(c1ccc(C)cc1C)S(=O)(=O)c1ccccc1. The third-order valence-corrected chi connectivity index (χ3v) is 9.90. The van der Waals surface area contributed by atoms with E-state index in [2.05, 4.69) is 5.32 Å². The number of hydrogen-bond acceptors (Lipinski definition) is 4. The van der Waals surface area contributed by atoms with Gasteiger partial charge in [-0.2, -0.15) is 0 Å². The average Bonchev–Trinajstić information content (AvgIpc) is 3.03. The molecule has 1 N–H and O–H groups in total. The molecule has 0 radical (unpaired) electrons. The summed E-state index contributed by atoms with van der Waals surface area (Å²) in [5, 5.41) is 3.60. The van der Waals surface area contributed by atoms with Crippen LogP contribution >= 0.6 is 23.2 Å². The van der Waals surface area contributed by atoms with Crippen LogP contribution in [0.2, 0.25) is 10.0 Å². The second kappa shape index (κ2) is 15.4. The fraction of sp³-hybridized carbons (Fsp3) is 0.257. The van der Waals surface area contributed by atoms with Crippen molar-refractivity contribution >= 4 is 50.7 Å². The first-order valence-corrected chi connectivity index (χ1v) is 16.9. The minimum Gasteiger partial charge on any atom is -0.354 e. The molecule has 0 spiro atoms. The first-order chi connectivity index (χ1) is 21.5. The first kappa shape index (κ1) is 34.0. The standard InChI is InChI=1S/C35H37Cl2N3O4S/c1-4-19-38-35(42)33(22-27-11-7-5-8-12-27)39(23-28-16-17-30(36)31(37)21-28)34(41)24-40(32-18-15-25(2)20-26(32)3)45(43,44)29-13-9-6-10-14-29/h5-18,20-21,33H,4,19,22-24H2,1-3H3,(H,38,42)/t33-/m0/s1. The summed E-state index contributed by atoms with van der Waals surface area (Å²) in [6.07, 6.45) is 0.929. The Balaban J connectivity index is 1.82. The maximum absolute atomic E-state index is 14.5. The van der Waals surface area contributed by atoms with Crippen LogP contribution in [0.5, 0.6) is 0 Å². The molecule has 0 aliphatic rings. The van der Waals surface area contributed by atoms with E-state index in [1.54, 1.807) is 42.5 Å². The van der Waals surface area contributed by atoms with Gasteiger partial charge < -0.3 is 10.2 Å². The van der Waals surface area contributed by atoms with E-state index < -0.39 is 28.5 Å². The summed E-state index contributed by atoms with van der Waals surface area (Å²) in [5.74, 6) is -0.883. The van der Waals surface area contributed by atoms with Gasteiger partial charge in [-0.25, -0.2) is 8.42 Å². The van der Waals surface area contributed by atoms with E-state index in [1.165, 1.54) is 17.0 Å². The number of halogens is 2. The maximum Gasteiger partial charge on any atom is 0.264 e. The van der Waals surface area contributed by atoms with Gasteiger partial charge in [-0.05, 0) is 67.3 Å². The lowest BCUT2D eigenvalue weighted by atomic mass is 10.0. The van der Waals surface area contributed by atoms with E-state index >= 15 is 0 Å². The van der Waals surface area contributed by atoms with E-state index in [0.717, 1.165) is 15.4 Å². The molecule has 10 heteroatoms. The molecule has 4 aromatic rings. The molecule has 0 saturated heterocycles. The Hall–Kier alpha value is -3.85. The van der Waals surface area contributed by atoms with Crippen LogP contribution < -0.4 is 9.62 Å². The first-order valence-electron chi connectivity index (χ1n) is 14.7. The van der Waals surface area contributed by atoms with Gasteiger partial charge in [0, 0.05) is 19.5 Å². The highest BCUT2D eigenvalue weighted by Gasteiger charge is 2.35. The summed E-state index contributed by atoms with van der Waals surface area (Å²) in [6.45, 7) is 5.56. The highest BCUT2D eigenvalue weighted by Crippen LogP contribution is 2.29. The Morgan fingerprint density at radius 1 is 0.822 bits per heavy atom. The molecule has 0 aliphatic carbocycles. The highest BCUT2D eigenvalue weighted by molar-refractivity contribution is 7.92. The van der Waals surface area contributed by atoms with Crippen molar-refractivity contribution in [3.8, 4) is 0 Å². The summed E-state index contributed by atoms with van der Waals surface area (Å²) in [4.78, 5) is 29.8. The highest BCUT2D eigenvalue weighted by atomic mass is 35.5. The molecule has 0 unspecified atom stereocenters. The van der Waals surface area contributed by atoms with Crippen LogP contribution in [0.4, 0.5) is 5.69 Å². The molecule has 4 rings (SSSR count). The zero-order chi connectivity index (χ0) is 32.6. The predicted octanol–water partition coefficient (Wildman–Crippen LogP) is 6.97. The van der Waals surface area contributed by atoms with Crippen molar-refractivity contribution in [2.24, 2.45) is 0 Å². The fourth-order valence-corrected chi connectivity index (χ4v) is 6.89. The zero-order valence-electron chi connectivity index (χ0n) is 25.5. The quantitative estimate of drug-likeness (QED) is 0.167. The van der Waals surface area contributed by atoms with Gasteiger partial charge in [0.1, 0.15) is 12.6 Å². The fourth-order valence-electron chi connectivity index (χ4n) is 5.07. The Morgan fingerprint density at radius 3 is 2.11 bits per heavy atom. The molecule has 0 fully saturated rings. The zero-order valence-corrected chi connectivity index (χ0v) is 27.9.